The van der Waals surface area contributed by atoms with E-state index in [-0.39, 0.29) is 5.91 Å². The van der Waals surface area contributed by atoms with Gasteiger partial charge in [0, 0.05) is 39.1 Å². The van der Waals surface area contributed by atoms with Crippen molar-refractivity contribution in [2.45, 2.75) is 58.5 Å². The first-order chi connectivity index (χ1) is 13.7. The Bertz CT molecular complexity index is 685. The van der Waals surface area contributed by atoms with Gasteiger partial charge in [0.1, 0.15) is 0 Å². The van der Waals surface area contributed by atoms with Gasteiger partial charge in [-0.25, -0.2) is 4.99 Å². The minimum Gasteiger partial charge on any atom is -0.357 e. The summed E-state index contributed by atoms with van der Waals surface area (Å²) in [6.45, 7) is 7.73. The molecule has 4 rings (SSSR count). The predicted molar refractivity (Wildman–Crippen MR) is 113 cm³/mol. The van der Waals surface area contributed by atoms with Crippen molar-refractivity contribution in [2.24, 2.45) is 16.8 Å². The topological polar surface area (TPSA) is 47.9 Å². The first-order valence-corrected chi connectivity index (χ1v) is 11.1. The maximum Gasteiger partial charge on any atom is 0.222 e. The molecule has 3 fully saturated rings. The number of guanidine groups is 1. The molecule has 5 nitrogen and oxygen atoms in total. The van der Waals surface area contributed by atoms with Crippen LogP contribution in [0.25, 0.3) is 0 Å². The number of nitrogens with zero attached hydrogens (tertiary/aromatic N) is 3. The van der Waals surface area contributed by atoms with E-state index in [2.05, 4.69) is 41.4 Å². The van der Waals surface area contributed by atoms with Crippen LogP contribution in [0.5, 0.6) is 0 Å². The first kappa shape index (κ1) is 19.3. The lowest BCUT2D eigenvalue weighted by Gasteiger charge is -2.22. The number of carbonyl (C=O) groups excluding carboxylic acids is 1. The summed E-state index contributed by atoms with van der Waals surface area (Å²) in [5, 5.41) is 3.50. The van der Waals surface area contributed by atoms with E-state index in [1.807, 2.05) is 4.90 Å². The highest BCUT2D eigenvalue weighted by molar-refractivity contribution is 5.80. The van der Waals surface area contributed by atoms with Crippen LogP contribution in [0.15, 0.2) is 29.3 Å². The number of carbonyl (C=O) groups is 1. The number of fused-ring (bicyclic) bond motifs is 1. The standard InChI is InChI=1S/C23H34N4O/c1-2-24-23(27-16-20-6-3-4-7-21(20)17-27)25-14-18-9-11-19(12-10-18)15-26-13-5-8-22(26)28/h9-12,20-21H,2-8,13-17H2,1H3,(H,24,25). The van der Waals surface area contributed by atoms with Crippen molar-refractivity contribution < 1.29 is 4.79 Å². The van der Waals surface area contributed by atoms with E-state index in [0.29, 0.717) is 13.0 Å². The summed E-state index contributed by atoms with van der Waals surface area (Å²) in [6, 6.07) is 8.61. The molecule has 3 aliphatic rings. The summed E-state index contributed by atoms with van der Waals surface area (Å²) in [4.78, 5) is 21.2. The maximum atomic E-state index is 11.8. The van der Waals surface area contributed by atoms with Crippen molar-refractivity contribution in [3.63, 3.8) is 0 Å². The molecule has 5 heteroatoms. The Balaban J connectivity index is 1.36. The molecule has 1 N–H and O–H groups in total. The second-order valence-electron chi connectivity index (χ2n) is 8.62. The highest BCUT2D eigenvalue weighted by Crippen LogP contribution is 2.36. The molecule has 1 aliphatic carbocycles. The van der Waals surface area contributed by atoms with Crippen molar-refractivity contribution in [3.05, 3.63) is 35.4 Å². The Hall–Kier alpha value is -2.04. The fourth-order valence-electron chi connectivity index (χ4n) is 5.01. The van der Waals surface area contributed by atoms with Crippen LogP contribution in [-0.2, 0) is 17.9 Å². The van der Waals surface area contributed by atoms with Gasteiger partial charge in [-0.05, 0) is 49.1 Å². The monoisotopic (exact) mass is 382 g/mol. The van der Waals surface area contributed by atoms with Gasteiger partial charge < -0.3 is 15.1 Å². The lowest BCUT2D eigenvalue weighted by Crippen LogP contribution is -2.40. The maximum absolute atomic E-state index is 11.8. The SMILES string of the molecule is CCNC(=NCc1ccc(CN2CCCC2=O)cc1)N1CC2CCCCC2C1. The molecular formula is C23H34N4O. The number of rotatable bonds is 5. The predicted octanol–water partition coefficient (Wildman–Crippen LogP) is 3.40. The zero-order chi connectivity index (χ0) is 19.3. The van der Waals surface area contributed by atoms with Gasteiger partial charge in [-0.15, -0.1) is 0 Å². The molecule has 1 saturated carbocycles. The third-order valence-corrected chi connectivity index (χ3v) is 6.59. The largest absolute Gasteiger partial charge is 0.357 e. The molecule has 0 radical (unpaired) electrons. The zero-order valence-corrected chi connectivity index (χ0v) is 17.2. The van der Waals surface area contributed by atoms with Crippen molar-refractivity contribution in [1.29, 1.82) is 0 Å². The fourth-order valence-corrected chi connectivity index (χ4v) is 5.01. The van der Waals surface area contributed by atoms with Crippen LogP contribution >= 0.6 is 0 Å². The van der Waals surface area contributed by atoms with Crippen LogP contribution in [0.2, 0.25) is 0 Å². The molecule has 1 aromatic carbocycles. The number of amides is 1. The van der Waals surface area contributed by atoms with E-state index < -0.39 is 0 Å². The highest BCUT2D eigenvalue weighted by Gasteiger charge is 2.35. The summed E-state index contributed by atoms with van der Waals surface area (Å²) < 4.78 is 0. The molecular weight excluding hydrogens is 348 g/mol. The van der Waals surface area contributed by atoms with Crippen LogP contribution in [-0.4, -0.2) is 47.8 Å². The van der Waals surface area contributed by atoms with Crippen molar-refractivity contribution in [2.75, 3.05) is 26.2 Å². The Morgan fingerprint density at radius 1 is 1.07 bits per heavy atom. The number of hydrogen-bond acceptors (Lipinski definition) is 2. The molecule has 28 heavy (non-hydrogen) atoms. The van der Waals surface area contributed by atoms with E-state index in [0.717, 1.165) is 43.9 Å². The van der Waals surface area contributed by atoms with E-state index in [1.165, 1.54) is 49.9 Å². The van der Waals surface area contributed by atoms with Gasteiger partial charge >= 0.3 is 0 Å². The molecule has 2 saturated heterocycles. The first-order valence-electron chi connectivity index (χ1n) is 11.1. The van der Waals surface area contributed by atoms with Crippen molar-refractivity contribution in [1.82, 2.24) is 15.1 Å². The lowest BCUT2D eigenvalue weighted by atomic mass is 9.82. The van der Waals surface area contributed by atoms with Crippen LogP contribution in [0.4, 0.5) is 0 Å². The van der Waals surface area contributed by atoms with E-state index >= 15 is 0 Å². The summed E-state index contributed by atoms with van der Waals surface area (Å²) in [5.74, 6) is 3.09. The average Bonchev–Trinajstić information content (AvgIpc) is 3.32. The van der Waals surface area contributed by atoms with Gasteiger partial charge in [-0.1, -0.05) is 37.1 Å². The van der Waals surface area contributed by atoms with Crippen molar-refractivity contribution in [3.8, 4) is 0 Å². The number of hydrogen-bond donors (Lipinski definition) is 1. The molecule has 2 aliphatic heterocycles. The lowest BCUT2D eigenvalue weighted by molar-refractivity contribution is -0.128. The Morgan fingerprint density at radius 2 is 1.75 bits per heavy atom. The third kappa shape index (κ3) is 4.50. The number of benzene rings is 1. The number of aliphatic imine (C=N–C) groups is 1. The molecule has 1 amide bonds. The molecule has 0 aromatic heterocycles. The Labute approximate surface area is 169 Å². The molecule has 2 atom stereocenters. The van der Waals surface area contributed by atoms with Crippen LogP contribution in [0.3, 0.4) is 0 Å². The van der Waals surface area contributed by atoms with E-state index in [1.54, 1.807) is 0 Å². The fraction of sp³-hybridized carbons (Fsp3) is 0.652. The normalized spacial score (nSPS) is 25.3. The second kappa shape index (κ2) is 8.97. The van der Waals surface area contributed by atoms with E-state index in [4.69, 9.17) is 4.99 Å². The number of nitrogens with one attached hydrogen (secondary N) is 1. The number of likely N-dealkylation sites (tertiary alicyclic amines) is 2. The second-order valence-corrected chi connectivity index (χ2v) is 8.62. The Morgan fingerprint density at radius 3 is 2.36 bits per heavy atom. The molecule has 1 aromatic rings. The summed E-state index contributed by atoms with van der Waals surface area (Å²) >= 11 is 0. The van der Waals surface area contributed by atoms with Gasteiger partial charge in [0.25, 0.3) is 0 Å². The smallest absolute Gasteiger partial charge is 0.222 e. The summed E-state index contributed by atoms with van der Waals surface area (Å²) in [7, 11) is 0. The molecule has 0 spiro atoms. The van der Waals surface area contributed by atoms with Crippen LogP contribution < -0.4 is 5.32 Å². The average molecular weight is 383 g/mol. The van der Waals surface area contributed by atoms with Crippen LogP contribution in [0, 0.1) is 11.8 Å². The minimum absolute atomic E-state index is 0.287. The zero-order valence-electron chi connectivity index (χ0n) is 17.2. The summed E-state index contributed by atoms with van der Waals surface area (Å²) in [5.41, 5.74) is 2.43. The quantitative estimate of drug-likeness (QED) is 0.627. The van der Waals surface area contributed by atoms with Gasteiger partial charge in [-0.3, -0.25) is 4.79 Å². The molecule has 152 valence electrons. The highest BCUT2D eigenvalue weighted by atomic mass is 16.2. The molecule has 2 heterocycles. The summed E-state index contributed by atoms with van der Waals surface area (Å²) in [6.07, 6.45) is 7.29. The van der Waals surface area contributed by atoms with Gasteiger partial charge in [0.2, 0.25) is 5.91 Å². The van der Waals surface area contributed by atoms with Gasteiger partial charge in [0.05, 0.1) is 6.54 Å². The van der Waals surface area contributed by atoms with Crippen molar-refractivity contribution >= 4 is 11.9 Å². The third-order valence-electron chi connectivity index (χ3n) is 6.59. The molecule has 2 unspecified atom stereocenters. The minimum atomic E-state index is 0.287. The Kier molecular flexibility index (Phi) is 6.18. The van der Waals surface area contributed by atoms with Gasteiger partial charge in [-0.2, -0.15) is 0 Å². The van der Waals surface area contributed by atoms with Gasteiger partial charge in [0.15, 0.2) is 5.96 Å². The van der Waals surface area contributed by atoms with E-state index in [9.17, 15) is 4.79 Å². The van der Waals surface area contributed by atoms with Crippen LogP contribution in [0.1, 0.15) is 56.6 Å². The molecule has 0 bridgehead atoms.